The Morgan fingerprint density at radius 3 is 0.788 bits per heavy atom. The lowest BCUT2D eigenvalue weighted by Crippen LogP contribution is -2.30. The van der Waals surface area contributed by atoms with Crippen LogP contribution < -0.4 is 44.3 Å². The SMILES string of the molecule is COc1cccc(OC)c1P(=S)(c1c(OC)cccc1OC)c1c(OC)cccc1OC.O. The van der Waals surface area contributed by atoms with E-state index >= 15 is 0 Å². The van der Waals surface area contributed by atoms with Crippen molar-refractivity contribution in [3.63, 3.8) is 0 Å². The molecule has 0 fully saturated rings. The monoisotopic (exact) mass is 492 g/mol. The molecule has 178 valence electrons. The van der Waals surface area contributed by atoms with Gasteiger partial charge in [-0.05, 0) is 36.4 Å². The number of benzene rings is 3. The Morgan fingerprint density at radius 2 is 0.636 bits per heavy atom. The van der Waals surface area contributed by atoms with Crippen molar-refractivity contribution in [2.24, 2.45) is 0 Å². The van der Waals surface area contributed by atoms with Gasteiger partial charge >= 0.3 is 0 Å². The average Bonchev–Trinajstić information content (AvgIpc) is 2.86. The van der Waals surface area contributed by atoms with Crippen molar-refractivity contribution in [1.29, 1.82) is 0 Å². The van der Waals surface area contributed by atoms with Gasteiger partial charge < -0.3 is 33.9 Å². The molecule has 0 amide bonds. The molecule has 2 N–H and O–H groups in total. The maximum absolute atomic E-state index is 6.66. The molecule has 9 heteroatoms. The summed E-state index contributed by atoms with van der Waals surface area (Å²) in [7, 11) is 9.65. The van der Waals surface area contributed by atoms with Crippen molar-refractivity contribution in [1.82, 2.24) is 0 Å². The third-order valence-electron chi connectivity index (χ3n) is 5.15. The maximum Gasteiger partial charge on any atom is 0.131 e. The molecule has 0 spiro atoms. The van der Waals surface area contributed by atoms with Crippen LogP contribution in [0.15, 0.2) is 54.6 Å². The fourth-order valence-corrected chi connectivity index (χ4v) is 8.91. The molecule has 0 aliphatic heterocycles. The van der Waals surface area contributed by atoms with E-state index in [9.17, 15) is 0 Å². The molecule has 0 radical (unpaired) electrons. The van der Waals surface area contributed by atoms with Crippen molar-refractivity contribution < 1.29 is 33.9 Å². The van der Waals surface area contributed by atoms with Crippen LogP contribution in [0.4, 0.5) is 0 Å². The molecule has 0 aliphatic rings. The first-order valence-electron chi connectivity index (χ1n) is 9.76. The van der Waals surface area contributed by atoms with Gasteiger partial charge in [0, 0.05) is 0 Å². The second-order valence-electron chi connectivity index (χ2n) is 6.64. The molecule has 7 nitrogen and oxygen atoms in total. The molecule has 0 unspecified atom stereocenters. The van der Waals surface area contributed by atoms with Gasteiger partial charge in [-0.15, -0.1) is 0 Å². The molecule has 3 aromatic rings. The van der Waals surface area contributed by atoms with Gasteiger partial charge in [-0.3, -0.25) is 0 Å². The summed E-state index contributed by atoms with van der Waals surface area (Å²) in [5, 5.41) is 2.14. The quantitative estimate of drug-likeness (QED) is 0.425. The Bertz CT molecular complexity index is 941. The van der Waals surface area contributed by atoms with Gasteiger partial charge in [0.15, 0.2) is 0 Å². The molecule has 3 aromatic carbocycles. The predicted octanol–water partition coefficient (Wildman–Crippen LogP) is 2.67. The first-order chi connectivity index (χ1) is 15.5. The summed E-state index contributed by atoms with van der Waals surface area (Å²) in [5.74, 6) is 3.55. The fraction of sp³-hybridized carbons (Fsp3) is 0.250. The molecule has 33 heavy (non-hydrogen) atoms. The third-order valence-corrected chi connectivity index (χ3v) is 10.0. The molecule has 0 atom stereocenters. The van der Waals surface area contributed by atoms with Crippen LogP contribution in [0.3, 0.4) is 0 Å². The molecule has 0 saturated carbocycles. The largest absolute Gasteiger partial charge is 0.496 e. The van der Waals surface area contributed by atoms with E-state index in [1.165, 1.54) is 0 Å². The smallest absolute Gasteiger partial charge is 0.131 e. The van der Waals surface area contributed by atoms with Gasteiger partial charge in [0.1, 0.15) is 34.5 Å². The van der Waals surface area contributed by atoms with E-state index in [1.807, 2.05) is 54.6 Å². The van der Waals surface area contributed by atoms with Crippen LogP contribution in [-0.2, 0) is 11.8 Å². The van der Waals surface area contributed by atoms with E-state index in [0.717, 1.165) is 0 Å². The molecular formula is C24H29O7PS. The first kappa shape index (κ1) is 26.3. The Hall–Kier alpha value is -2.93. The van der Waals surface area contributed by atoms with Crippen LogP contribution in [-0.4, -0.2) is 48.1 Å². The maximum atomic E-state index is 6.66. The predicted molar refractivity (Wildman–Crippen MR) is 135 cm³/mol. The molecule has 0 aliphatic carbocycles. The van der Waals surface area contributed by atoms with Gasteiger partial charge in [-0.25, -0.2) is 0 Å². The molecule has 0 aromatic heterocycles. The number of ether oxygens (including phenoxy) is 6. The fourth-order valence-electron chi connectivity index (χ4n) is 3.76. The van der Waals surface area contributed by atoms with Crippen LogP contribution in [0.2, 0.25) is 0 Å². The lowest BCUT2D eigenvalue weighted by molar-refractivity contribution is 0.398. The van der Waals surface area contributed by atoms with Gasteiger partial charge in [0.25, 0.3) is 0 Å². The van der Waals surface area contributed by atoms with E-state index in [4.69, 9.17) is 40.2 Å². The summed E-state index contributed by atoms with van der Waals surface area (Å²) in [6.45, 7) is 0. The summed E-state index contributed by atoms with van der Waals surface area (Å²) in [4.78, 5) is 0. The second-order valence-corrected chi connectivity index (χ2v) is 10.8. The summed E-state index contributed by atoms with van der Waals surface area (Å²) in [5.41, 5.74) is 0. The zero-order valence-electron chi connectivity index (χ0n) is 19.5. The first-order valence-corrected chi connectivity index (χ1v) is 12.6. The minimum atomic E-state index is -3.02. The number of hydrogen-bond donors (Lipinski definition) is 0. The number of hydrogen-bond acceptors (Lipinski definition) is 7. The standard InChI is InChI=1S/C24H27O6PS.H2O/c1-25-16-10-7-11-17(26-2)22(16)31(32,23-18(27-3)12-8-13-19(23)28-4)24-20(29-5)14-9-15-21(24)30-6;/h7-15H,1-6H3;1H2. The highest BCUT2D eigenvalue weighted by Gasteiger charge is 2.40. The van der Waals surface area contributed by atoms with E-state index in [-0.39, 0.29) is 5.48 Å². The molecule has 0 bridgehead atoms. The van der Waals surface area contributed by atoms with Gasteiger partial charge in [0.2, 0.25) is 0 Å². The topological polar surface area (TPSA) is 86.9 Å². The lowest BCUT2D eigenvalue weighted by Gasteiger charge is -2.31. The van der Waals surface area contributed by atoms with E-state index in [2.05, 4.69) is 0 Å². The Morgan fingerprint density at radius 1 is 0.455 bits per heavy atom. The van der Waals surface area contributed by atoms with E-state index in [1.54, 1.807) is 42.7 Å². The summed E-state index contributed by atoms with van der Waals surface area (Å²) in [6.07, 6.45) is 0. The zero-order valence-corrected chi connectivity index (χ0v) is 21.2. The highest BCUT2D eigenvalue weighted by atomic mass is 32.4. The molecule has 0 heterocycles. The minimum absolute atomic E-state index is 0. The van der Waals surface area contributed by atoms with E-state index < -0.39 is 6.04 Å². The summed E-state index contributed by atoms with van der Waals surface area (Å²) < 4.78 is 34.7. The molecular weight excluding hydrogens is 463 g/mol. The Balaban J connectivity index is 0.00000385. The lowest BCUT2D eigenvalue weighted by atomic mass is 10.3. The van der Waals surface area contributed by atoms with Crippen molar-refractivity contribution in [2.75, 3.05) is 42.7 Å². The van der Waals surface area contributed by atoms with Gasteiger partial charge in [0.05, 0.1) is 64.6 Å². The van der Waals surface area contributed by atoms with Crippen LogP contribution in [0, 0.1) is 0 Å². The third kappa shape index (κ3) is 4.47. The molecule has 3 rings (SSSR count). The highest BCUT2D eigenvalue weighted by Crippen LogP contribution is 2.56. The normalized spacial score (nSPS) is 10.6. The summed E-state index contributed by atoms with van der Waals surface area (Å²) in [6, 6.07) is 13.7. The van der Waals surface area contributed by atoms with E-state index in [0.29, 0.717) is 50.4 Å². The van der Waals surface area contributed by atoms with Crippen LogP contribution in [0.5, 0.6) is 34.5 Å². The van der Waals surface area contributed by atoms with Gasteiger partial charge in [-0.1, -0.05) is 30.0 Å². The van der Waals surface area contributed by atoms with Crippen molar-refractivity contribution in [3.05, 3.63) is 54.6 Å². The minimum Gasteiger partial charge on any atom is -0.496 e. The summed E-state index contributed by atoms with van der Waals surface area (Å²) >= 11 is 6.66. The number of methoxy groups -OCH3 is 6. The van der Waals surface area contributed by atoms with Crippen LogP contribution in [0.25, 0.3) is 0 Å². The zero-order chi connectivity index (χ0) is 23.3. The second kappa shape index (κ2) is 11.3. The van der Waals surface area contributed by atoms with Crippen molar-refractivity contribution in [2.45, 2.75) is 0 Å². The molecule has 0 saturated heterocycles. The van der Waals surface area contributed by atoms with Crippen LogP contribution >= 0.6 is 6.04 Å². The Kier molecular flexibility index (Phi) is 8.99. The Labute approximate surface area is 199 Å². The average molecular weight is 493 g/mol. The highest BCUT2D eigenvalue weighted by molar-refractivity contribution is 8.26. The van der Waals surface area contributed by atoms with Crippen molar-refractivity contribution in [3.8, 4) is 34.5 Å². The van der Waals surface area contributed by atoms with Crippen molar-refractivity contribution >= 4 is 33.8 Å². The van der Waals surface area contributed by atoms with Gasteiger partial charge in [-0.2, -0.15) is 0 Å². The van der Waals surface area contributed by atoms with Crippen LogP contribution in [0.1, 0.15) is 0 Å². The number of rotatable bonds is 9.